The number of rotatable bonds is 1. The summed E-state index contributed by atoms with van der Waals surface area (Å²) in [6.07, 6.45) is 11.6. The molecule has 6 heteroatoms. The van der Waals surface area contributed by atoms with Gasteiger partial charge in [-0.2, -0.15) is 0 Å². The molecule has 4 rings (SSSR count). The van der Waals surface area contributed by atoms with Crippen LogP contribution >= 0.6 is 0 Å². The predicted molar refractivity (Wildman–Crippen MR) is 113 cm³/mol. The SMILES string of the molecule is O=C(c1cnc[nH]1)N1CCCCN2CCCCC2CCc2cccc(c2)OCC1. The van der Waals surface area contributed by atoms with E-state index in [0.29, 0.717) is 24.9 Å². The number of H-pyrrole nitrogens is 1. The maximum absolute atomic E-state index is 12.8. The van der Waals surface area contributed by atoms with E-state index in [0.717, 1.165) is 38.1 Å². The van der Waals surface area contributed by atoms with E-state index in [9.17, 15) is 4.79 Å². The second-order valence-corrected chi connectivity index (χ2v) is 8.18. The maximum atomic E-state index is 12.8. The summed E-state index contributed by atoms with van der Waals surface area (Å²) in [5.74, 6) is 0.895. The Hall–Kier alpha value is -2.34. The zero-order valence-electron chi connectivity index (χ0n) is 17.2. The lowest BCUT2D eigenvalue weighted by Gasteiger charge is -2.36. The summed E-state index contributed by atoms with van der Waals surface area (Å²) < 4.78 is 6.00. The van der Waals surface area contributed by atoms with Gasteiger partial charge in [0.05, 0.1) is 19.1 Å². The fourth-order valence-electron chi connectivity index (χ4n) is 4.55. The van der Waals surface area contributed by atoms with Gasteiger partial charge < -0.3 is 19.5 Å². The third-order valence-corrected chi connectivity index (χ3v) is 6.18. The van der Waals surface area contributed by atoms with Crippen LogP contribution in [0, 0.1) is 0 Å². The molecule has 1 aromatic heterocycles. The first-order chi connectivity index (χ1) is 14.3. The second-order valence-electron chi connectivity index (χ2n) is 8.18. The van der Waals surface area contributed by atoms with E-state index < -0.39 is 0 Å². The summed E-state index contributed by atoms with van der Waals surface area (Å²) in [5, 5.41) is 0. The van der Waals surface area contributed by atoms with E-state index >= 15 is 0 Å². The van der Waals surface area contributed by atoms with Crippen LogP contribution in [0.3, 0.4) is 0 Å². The highest BCUT2D eigenvalue weighted by Crippen LogP contribution is 2.23. The van der Waals surface area contributed by atoms with E-state index in [1.54, 1.807) is 12.5 Å². The highest BCUT2D eigenvalue weighted by molar-refractivity contribution is 5.92. The van der Waals surface area contributed by atoms with Crippen LogP contribution in [0.4, 0.5) is 0 Å². The molecular weight excluding hydrogens is 364 g/mol. The van der Waals surface area contributed by atoms with Gasteiger partial charge >= 0.3 is 0 Å². The van der Waals surface area contributed by atoms with Gasteiger partial charge in [0.1, 0.15) is 18.1 Å². The molecule has 0 spiro atoms. The van der Waals surface area contributed by atoms with Crippen molar-refractivity contribution in [3.63, 3.8) is 0 Å². The van der Waals surface area contributed by atoms with Gasteiger partial charge in [-0.25, -0.2) is 4.98 Å². The number of benzene rings is 1. The molecular formula is C23H32N4O2. The quantitative estimate of drug-likeness (QED) is 0.801. The predicted octanol–water partition coefficient (Wildman–Crippen LogP) is 3.51. The maximum Gasteiger partial charge on any atom is 0.272 e. The molecule has 2 aliphatic rings. The molecule has 1 atom stereocenters. The van der Waals surface area contributed by atoms with Crippen LogP contribution < -0.4 is 4.74 Å². The van der Waals surface area contributed by atoms with Gasteiger partial charge in [-0.3, -0.25) is 4.79 Å². The van der Waals surface area contributed by atoms with E-state index in [-0.39, 0.29) is 5.91 Å². The van der Waals surface area contributed by atoms with Gasteiger partial charge in [0, 0.05) is 12.6 Å². The Morgan fingerprint density at radius 1 is 1.07 bits per heavy atom. The van der Waals surface area contributed by atoms with Crippen molar-refractivity contribution in [3.05, 3.63) is 48.0 Å². The van der Waals surface area contributed by atoms with Crippen LogP contribution in [0.25, 0.3) is 0 Å². The molecule has 0 radical (unpaired) electrons. The number of aromatic nitrogens is 2. The molecule has 1 saturated heterocycles. The normalized spacial score (nSPS) is 22.1. The van der Waals surface area contributed by atoms with Crippen LogP contribution in [0.5, 0.6) is 5.75 Å². The number of amides is 1. The number of ether oxygens (including phenoxy) is 1. The molecule has 2 aliphatic heterocycles. The Balaban J connectivity index is 1.47. The molecule has 0 aliphatic carbocycles. The molecule has 1 amide bonds. The third kappa shape index (κ3) is 5.38. The summed E-state index contributed by atoms with van der Waals surface area (Å²) in [6.45, 7) is 4.17. The number of carbonyl (C=O) groups is 1. The summed E-state index contributed by atoms with van der Waals surface area (Å²) in [4.78, 5) is 24.4. The Bertz CT molecular complexity index is 777. The first-order valence-corrected chi connectivity index (χ1v) is 11.0. The Labute approximate surface area is 173 Å². The van der Waals surface area contributed by atoms with Crippen LogP contribution in [0.1, 0.15) is 54.6 Å². The number of hydrogen-bond acceptors (Lipinski definition) is 4. The van der Waals surface area contributed by atoms with E-state index in [1.807, 2.05) is 11.0 Å². The monoisotopic (exact) mass is 396 g/mol. The number of nitrogens with zero attached hydrogens (tertiary/aromatic N) is 3. The standard InChI is InChI=1S/C23H32N4O2/c28-23(22-17-24-18-25-22)27-13-4-3-12-26-11-2-1-7-20(26)10-9-19-6-5-8-21(16-19)29-15-14-27/h5-6,8,16-18,20H,1-4,7,9-15H2,(H,24,25). The van der Waals surface area contributed by atoms with Crippen LogP contribution in [-0.4, -0.2) is 64.5 Å². The lowest BCUT2D eigenvalue weighted by atomic mass is 9.95. The van der Waals surface area contributed by atoms with Crippen LogP contribution in [0.2, 0.25) is 0 Å². The molecule has 1 N–H and O–H groups in total. The molecule has 1 unspecified atom stereocenters. The molecule has 3 heterocycles. The van der Waals surface area contributed by atoms with Crippen molar-refractivity contribution in [2.24, 2.45) is 0 Å². The van der Waals surface area contributed by atoms with E-state index in [4.69, 9.17) is 4.74 Å². The molecule has 29 heavy (non-hydrogen) atoms. The van der Waals surface area contributed by atoms with E-state index in [1.165, 1.54) is 37.8 Å². The Morgan fingerprint density at radius 3 is 2.79 bits per heavy atom. The first kappa shape index (κ1) is 20.0. The highest BCUT2D eigenvalue weighted by Gasteiger charge is 2.22. The number of imidazole rings is 1. The molecule has 156 valence electrons. The smallest absolute Gasteiger partial charge is 0.272 e. The molecule has 2 aromatic rings. The lowest BCUT2D eigenvalue weighted by molar-refractivity contribution is 0.0716. The molecule has 1 aromatic carbocycles. The zero-order chi connectivity index (χ0) is 19.9. The van der Waals surface area contributed by atoms with Gasteiger partial charge in [0.25, 0.3) is 5.91 Å². The van der Waals surface area contributed by atoms with Gasteiger partial charge in [-0.05, 0) is 69.3 Å². The van der Waals surface area contributed by atoms with Crippen molar-refractivity contribution in [3.8, 4) is 5.75 Å². The number of carbonyl (C=O) groups excluding carboxylic acids is 1. The van der Waals surface area contributed by atoms with Crippen molar-refractivity contribution in [2.45, 2.75) is 51.0 Å². The number of aryl methyl sites for hydroxylation is 1. The van der Waals surface area contributed by atoms with Gasteiger partial charge in [0.15, 0.2) is 0 Å². The molecule has 0 saturated carbocycles. The Morgan fingerprint density at radius 2 is 1.93 bits per heavy atom. The fourth-order valence-corrected chi connectivity index (χ4v) is 4.55. The third-order valence-electron chi connectivity index (χ3n) is 6.18. The summed E-state index contributed by atoms with van der Waals surface area (Å²) in [5.41, 5.74) is 1.88. The van der Waals surface area contributed by atoms with Crippen molar-refractivity contribution >= 4 is 5.91 Å². The van der Waals surface area contributed by atoms with Crippen molar-refractivity contribution < 1.29 is 9.53 Å². The van der Waals surface area contributed by atoms with Crippen LogP contribution in [-0.2, 0) is 6.42 Å². The minimum absolute atomic E-state index is 0.0000149. The first-order valence-electron chi connectivity index (χ1n) is 11.0. The average Bonchev–Trinajstić information content (AvgIpc) is 3.29. The van der Waals surface area contributed by atoms with Crippen molar-refractivity contribution in [2.75, 3.05) is 32.8 Å². The lowest BCUT2D eigenvalue weighted by Crippen LogP contribution is -2.41. The molecule has 6 nitrogen and oxygen atoms in total. The van der Waals surface area contributed by atoms with Gasteiger partial charge in [-0.15, -0.1) is 0 Å². The fraction of sp³-hybridized carbons (Fsp3) is 0.565. The summed E-state index contributed by atoms with van der Waals surface area (Å²) in [7, 11) is 0. The number of fused-ring (bicyclic) bond motifs is 3. The summed E-state index contributed by atoms with van der Waals surface area (Å²) >= 11 is 0. The van der Waals surface area contributed by atoms with Crippen LogP contribution in [0.15, 0.2) is 36.8 Å². The topological polar surface area (TPSA) is 61.5 Å². The van der Waals surface area contributed by atoms with Gasteiger partial charge in [-0.1, -0.05) is 18.6 Å². The minimum atomic E-state index is 0.0000149. The summed E-state index contributed by atoms with van der Waals surface area (Å²) in [6, 6.07) is 9.13. The number of hydrogen-bond donors (Lipinski definition) is 1. The molecule has 1 fully saturated rings. The van der Waals surface area contributed by atoms with Crippen molar-refractivity contribution in [1.29, 1.82) is 0 Å². The number of nitrogens with one attached hydrogen (secondary N) is 1. The Kier molecular flexibility index (Phi) is 6.83. The zero-order valence-corrected chi connectivity index (χ0v) is 17.2. The van der Waals surface area contributed by atoms with E-state index in [2.05, 4.69) is 33.1 Å². The van der Waals surface area contributed by atoms with Crippen molar-refractivity contribution in [1.82, 2.24) is 19.8 Å². The number of piperidine rings is 1. The van der Waals surface area contributed by atoms with Gasteiger partial charge in [0.2, 0.25) is 0 Å². The minimum Gasteiger partial charge on any atom is -0.492 e. The average molecular weight is 397 g/mol. The second kappa shape index (κ2) is 9.92. The number of aromatic amines is 1. The largest absolute Gasteiger partial charge is 0.492 e. The highest BCUT2D eigenvalue weighted by atomic mass is 16.5. The molecule has 2 bridgehead atoms.